The van der Waals surface area contributed by atoms with Crippen molar-refractivity contribution in [2.45, 2.75) is 12.8 Å². The molecule has 0 fully saturated rings. The van der Waals surface area contributed by atoms with Gasteiger partial charge in [0.05, 0.1) is 11.0 Å². The third-order valence-electron chi connectivity index (χ3n) is 4.36. The molecular formula is C23H16ClFN2O2. The number of hydrogen-bond donors (Lipinski definition) is 0. The third kappa shape index (κ3) is 4.76. The molecule has 1 heterocycles. The Kier molecular flexibility index (Phi) is 5.49. The Hall–Kier alpha value is -3.31. The summed E-state index contributed by atoms with van der Waals surface area (Å²) < 4.78 is 20.1. The molecule has 4 rings (SSSR count). The number of ketones is 1. The summed E-state index contributed by atoms with van der Waals surface area (Å²) in [5.41, 5.74) is 2.82. The van der Waals surface area contributed by atoms with Gasteiger partial charge in [0.25, 0.3) is 0 Å². The number of ether oxygens (including phenoxy) is 1. The predicted molar refractivity (Wildman–Crippen MR) is 110 cm³/mol. The van der Waals surface area contributed by atoms with Crippen LogP contribution in [0.5, 0.6) is 11.5 Å². The molecule has 4 nitrogen and oxygen atoms in total. The Labute approximate surface area is 172 Å². The van der Waals surface area contributed by atoms with E-state index in [1.54, 1.807) is 54.9 Å². The van der Waals surface area contributed by atoms with Gasteiger partial charge in [-0.15, -0.1) is 0 Å². The highest BCUT2D eigenvalue weighted by Gasteiger charge is 2.11. The monoisotopic (exact) mass is 406 g/mol. The number of fused-ring (bicyclic) bond motifs is 1. The van der Waals surface area contributed by atoms with Crippen LogP contribution in [0.15, 0.2) is 73.1 Å². The van der Waals surface area contributed by atoms with Crippen LogP contribution in [0.3, 0.4) is 0 Å². The molecule has 0 bridgehead atoms. The van der Waals surface area contributed by atoms with Crippen molar-refractivity contribution in [1.29, 1.82) is 0 Å². The molecule has 0 N–H and O–H groups in total. The molecule has 4 aromatic rings. The topological polar surface area (TPSA) is 52.1 Å². The van der Waals surface area contributed by atoms with Crippen LogP contribution in [0.2, 0.25) is 5.02 Å². The van der Waals surface area contributed by atoms with Crippen LogP contribution in [0.1, 0.15) is 11.1 Å². The highest BCUT2D eigenvalue weighted by molar-refractivity contribution is 6.30. The number of nitrogens with zero attached hydrogens (tertiary/aromatic N) is 2. The summed E-state index contributed by atoms with van der Waals surface area (Å²) >= 11 is 5.94. The van der Waals surface area contributed by atoms with E-state index in [0.717, 1.165) is 11.1 Å². The smallest absolute Gasteiger partial charge is 0.166 e. The molecule has 0 saturated carbocycles. The van der Waals surface area contributed by atoms with E-state index in [1.807, 2.05) is 6.07 Å². The number of halogens is 2. The highest BCUT2D eigenvalue weighted by Crippen LogP contribution is 2.27. The fourth-order valence-electron chi connectivity index (χ4n) is 3.04. The van der Waals surface area contributed by atoms with Gasteiger partial charge < -0.3 is 4.74 Å². The molecule has 6 heteroatoms. The SMILES string of the molecule is O=C(Cc1cccc(Cl)c1)Cc1ccc(Oc2ccc3nccnc3c2)c(F)c1. The van der Waals surface area contributed by atoms with Gasteiger partial charge in [-0.3, -0.25) is 14.8 Å². The van der Waals surface area contributed by atoms with Gasteiger partial charge in [0, 0.05) is 36.3 Å². The number of carbonyl (C=O) groups excluding carboxylic acids is 1. The highest BCUT2D eigenvalue weighted by atomic mass is 35.5. The number of hydrogen-bond acceptors (Lipinski definition) is 4. The Bertz CT molecular complexity index is 1200. The van der Waals surface area contributed by atoms with Crippen molar-refractivity contribution in [3.63, 3.8) is 0 Å². The van der Waals surface area contributed by atoms with Crippen molar-refractivity contribution < 1.29 is 13.9 Å². The van der Waals surface area contributed by atoms with Gasteiger partial charge in [-0.05, 0) is 47.5 Å². The van der Waals surface area contributed by atoms with Gasteiger partial charge in [-0.1, -0.05) is 29.8 Å². The van der Waals surface area contributed by atoms with E-state index >= 15 is 0 Å². The van der Waals surface area contributed by atoms with Crippen LogP contribution in [-0.2, 0) is 17.6 Å². The summed E-state index contributed by atoms with van der Waals surface area (Å²) in [6.07, 6.45) is 3.57. The van der Waals surface area contributed by atoms with E-state index in [-0.39, 0.29) is 24.4 Å². The zero-order chi connectivity index (χ0) is 20.2. The van der Waals surface area contributed by atoms with Crippen LogP contribution < -0.4 is 4.74 Å². The van der Waals surface area contributed by atoms with E-state index in [9.17, 15) is 9.18 Å². The van der Waals surface area contributed by atoms with Crippen LogP contribution in [-0.4, -0.2) is 15.8 Å². The Morgan fingerprint density at radius 1 is 0.897 bits per heavy atom. The van der Waals surface area contributed by atoms with Gasteiger partial charge in [0.1, 0.15) is 11.5 Å². The quantitative estimate of drug-likeness (QED) is 0.420. The Balaban J connectivity index is 1.45. The second kappa shape index (κ2) is 8.37. The second-order valence-corrected chi connectivity index (χ2v) is 7.03. The molecule has 0 spiro atoms. The molecule has 0 radical (unpaired) electrons. The van der Waals surface area contributed by atoms with E-state index in [4.69, 9.17) is 16.3 Å². The number of carbonyl (C=O) groups is 1. The second-order valence-electron chi connectivity index (χ2n) is 6.60. The average molecular weight is 407 g/mol. The number of aromatic nitrogens is 2. The van der Waals surface area contributed by atoms with Crippen molar-refractivity contribution in [2.75, 3.05) is 0 Å². The molecule has 0 atom stereocenters. The van der Waals surface area contributed by atoms with Gasteiger partial charge >= 0.3 is 0 Å². The molecule has 0 amide bonds. The summed E-state index contributed by atoms with van der Waals surface area (Å²) in [5, 5.41) is 0.586. The van der Waals surface area contributed by atoms with Gasteiger partial charge in [0.15, 0.2) is 11.6 Å². The van der Waals surface area contributed by atoms with E-state index < -0.39 is 5.82 Å². The van der Waals surface area contributed by atoms with Crippen LogP contribution in [0.4, 0.5) is 4.39 Å². The van der Waals surface area contributed by atoms with Gasteiger partial charge in [0.2, 0.25) is 0 Å². The van der Waals surface area contributed by atoms with Crippen LogP contribution >= 0.6 is 11.6 Å². The van der Waals surface area contributed by atoms with Crippen molar-refractivity contribution in [3.8, 4) is 11.5 Å². The summed E-state index contributed by atoms with van der Waals surface area (Å²) in [6.45, 7) is 0. The lowest BCUT2D eigenvalue weighted by atomic mass is 10.0. The van der Waals surface area contributed by atoms with E-state index in [2.05, 4.69) is 9.97 Å². The zero-order valence-electron chi connectivity index (χ0n) is 15.3. The fraction of sp³-hybridized carbons (Fsp3) is 0.0870. The van der Waals surface area contributed by atoms with E-state index in [0.29, 0.717) is 21.9 Å². The standard InChI is InChI=1S/C23H16ClFN2O2/c24-17-3-1-2-15(10-17)11-18(28)12-16-4-7-23(20(25)13-16)29-19-5-6-21-22(14-19)27-9-8-26-21/h1-10,13-14H,11-12H2. The van der Waals surface area contributed by atoms with Crippen molar-refractivity contribution in [3.05, 3.63) is 95.0 Å². The lowest BCUT2D eigenvalue weighted by molar-refractivity contribution is -0.117. The summed E-state index contributed by atoms with van der Waals surface area (Å²) in [6, 6.07) is 16.9. The van der Waals surface area contributed by atoms with Gasteiger partial charge in [-0.2, -0.15) is 0 Å². The molecule has 0 aliphatic heterocycles. The molecule has 0 unspecified atom stereocenters. The normalized spacial score (nSPS) is 10.8. The number of Topliss-reactive ketones (excluding diaryl/α,β-unsaturated/α-hetero) is 1. The van der Waals surface area contributed by atoms with Crippen molar-refractivity contribution in [2.24, 2.45) is 0 Å². The predicted octanol–water partition coefficient (Wildman–Crippen LogP) is 5.57. The minimum absolute atomic E-state index is 0.0200. The first-order chi connectivity index (χ1) is 14.1. The average Bonchev–Trinajstić information content (AvgIpc) is 2.70. The zero-order valence-corrected chi connectivity index (χ0v) is 16.1. The summed E-state index contributed by atoms with van der Waals surface area (Å²) in [5.74, 6) is -0.00769. The minimum atomic E-state index is -0.530. The maximum Gasteiger partial charge on any atom is 0.166 e. The summed E-state index contributed by atoms with van der Waals surface area (Å²) in [7, 11) is 0. The molecular weight excluding hydrogens is 391 g/mol. The molecule has 1 aromatic heterocycles. The first kappa shape index (κ1) is 19.0. The Morgan fingerprint density at radius 2 is 1.66 bits per heavy atom. The minimum Gasteiger partial charge on any atom is -0.454 e. The molecule has 144 valence electrons. The van der Waals surface area contributed by atoms with Crippen LogP contribution in [0.25, 0.3) is 11.0 Å². The third-order valence-corrected chi connectivity index (χ3v) is 4.59. The maximum absolute atomic E-state index is 14.5. The van der Waals surface area contributed by atoms with Crippen molar-refractivity contribution >= 4 is 28.4 Å². The first-order valence-electron chi connectivity index (χ1n) is 9.00. The van der Waals surface area contributed by atoms with Crippen LogP contribution in [0, 0.1) is 5.82 Å². The van der Waals surface area contributed by atoms with Crippen molar-refractivity contribution in [1.82, 2.24) is 9.97 Å². The first-order valence-corrected chi connectivity index (χ1v) is 9.38. The fourth-order valence-corrected chi connectivity index (χ4v) is 3.25. The largest absolute Gasteiger partial charge is 0.454 e. The Morgan fingerprint density at radius 3 is 2.41 bits per heavy atom. The molecule has 3 aromatic carbocycles. The maximum atomic E-state index is 14.5. The molecule has 0 saturated heterocycles. The van der Waals surface area contributed by atoms with Gasteiger partial charge in [-0.25, -0.2) is 4.39 Å². The summed E-state index contributed by atoms with van der Waals surface area (Å²) in [4.78, 5) is 20.7. The lowest BCUT2D eigenvalue weighted by Gasteiger charge is -2.09. The number of benzene rings is 3. The molecule has 29 heavy (non-hydrogen) atoms. The molecule has 0 aliphatic carbocycles. The number of rotatable bonds is 6. The van der Waals surface area contributed by atoms with E-state index in [1.165, 1.54) is 12.1 Å². The molecule has 0 aliphatic rings. The lowest BCUT2D eigenvalue weighted by Crippen LogP contribution is -2.07.